The van der Waals surface area contributed by atoms with Crippen molar-refractivity contribution in [1.29, 1.82) is 0 Å². The quantitative estimate of drug-likeness (QED) is 0.630. The van der Waals surface area contributed by atoms with Crippen molar-refractivity contribution in [2.75, 3.05) is 17.7 Å². The molecule has 0 saturated heterocycles. The first-order chi connectivity index (χ1) is 13.5. The third kappa shape index (κ3) is 4.27. The summed E-state index contributed by atoms with van der Waals surface area (Å²) in [5, 5.41) is 9.11. The molecular weight excluding hydrogens is 376 g/mol. The third-order valence-corrected chi connectivity index (χ3v) is 4.79. The van der Waals surface area contributed by atoms with Crippen LogP contribution in [0.1, 0.15) is 36.6 Å². The van der Waals surface area contributed by atoms with Gasteiger partial charge in [-0.25, -0.2) is 4.79 Å². The molecule has 0 radical (unpaired) electrons. The van der Waals surface area contributed by atoms with E-state index in [2.05, 4.69) is 10.6 Å². The van der Waals surface area contributed by atoms with Gasteiger partial charge in [0.25, 0.3) is 11.8 Å². The highest BCUT2D eigenvalue weighted by Crippen LogP contribution is 2.22. The Morgan fingerprint density at radius 3 is 2.36 bits per heavy atom. The van der Waals surface area contributed by atoms with Crippen molar-refractivity contribution in [3.63, 3.8) is 0 Å². The van der Waals surface area contributed by atoms with Crippen molar-refractivity contribution in [2.24, 2.45) is 0 Å². The van der Waals surface area contributed by atoms with Gasteiger partial charge in [0, 0.05) is 11.1 Å². The van der Waals surface area contributed by atoms with Crippen LogP contribution in [-0.2, 0) is 4.74 Å². The molecule has 28 heavy (non-hydrogen) atoms. The first-order valence-corrected chi connectivity index (χ1v) is 9.37. The molecule has 0 unspecified atom stereocenters. The van der Waals surface area contributed by atoms with Gasteiger partial charge in [0.15, 0.2) is 0 Å². The van der Waals surface area contributed by atoms with E-state index in [0.29, 0.717) is 28.1 Å². The smallest absolute Gasteiger partial charge is 0.337 e. The second kappa shape index (κ2) is 8.49. The highest BCUT2D eigenvalue weighted by Gasteiger charge is 2.16. The number of nitrogens with one attached hydrogen (secondary N) is 2. The summed E-state index contributed by atoms with van der Waals surface area (Å²) in [4.78, 5) is 36.9. The third-order valence-electron chi connectivity index (χ3n) is 4.11. The van der Waals surface area contributed by atoms with Crippen LogP contribution in [0.2, 0.25) is 0 Å². The first-order valence-electron chi connectivity index (χ1n) is 8.42. The zero-order valence-electron chi connectivity index (χ0n) is 15.3. The fraction of sp³-hybridized carbons (Fsp3) is 0.0952. The average molecular weight is 394 g/mol. The fourth-order valence-corrected chi connectivity index (χ4v) is 3.21. The van der Waals surface area contributed by atoms with E-state index in [-0.39, 0.29) is 5.91 Å². The summed E-state index contributed by atoms with van der Waals surface area (Å²) in [5.41, 5.74) is 2.86. The summed E-state index contributed by atoms with van der Waals surface area (Å²) >= 11 is 1.42. The number of ether oxygens (including phenoxy) is 1. The lowest BCUT2D eigenvalue weighted by molar-refractivity contribution is 0.0600. The van der Waals surface area contributed by atoms with Crippen molar-refractivity contribution in [3.8, 4) is 0 Å². The van der Waals surface area contributed by atoms with E-state index < -0.39 is 11.9 Å². The number of para-hydroxylation sites is 1. The van der Waals surface area contributed by atoms with E-state index in [0.717, 1.165) is 5.56 Å². The Labute approximate surface area is 166 Å². The highest BCUT2D eigenvalue weighted by molar-refractivity contribution is 7.08. The second-order valence-corrected chi connectivity index (χ2v) is 6.77. The minimum absolute atomic E-state index is 0.287. The normalized spacial score (nSPS) is 10.2. The number of thiophene rings is 1. The molecule has 0 atom stereocenters. The van der Waals surface area contributed by atoms with Crippen LogP contribution in [-0.4, -0.2) is 24.9 Å². The number of hydrogen-bond acceptors (Lipinski definition) is 5. The van der Waals surface area contributed by atoms with Crippen LogP contribution in [0, 0.1) is 6.92 Å². The van der Waals surface area contributed by atoms with Crippen LogP contribution in [0.5, 0.6) is 0 Å². The predicted octanol–water partition coefficient (Wildman–Crippen LogP) is 4.35. The van der Waals surface area contributed by atoms with Gasteiger partial charge in [-0.15, -0.1) is 0 Å². The minimum Gasteiger partial charge on any atom is -0.465 e. The predicted molar refractivity (Wildman–Crippen MR) is 109 cm³/mol. The molecule has 3 rings (SSSR count). The maximum absolute atomic E-state index is 12.8. The summed E-state index contributed by atoms with van der Waals surface area (Å²) in [6.07, 6.45) is 0. The Morgan fingerprint density at radius 2 is 1.64 bits per heavy atom. The number of benzene rings is 2. The van der Waals surface area contributed by atoms with E-state index in [9.17, 15) is 14.4 Å². The Kier molecular flexibility index (Phi) is 5.86. The SMILES string of the molecule is COC(=O)c1ccc(C)c(NC(=O)c2ccccc2NC(=O)c2ccsc2)c1. The van der Waals surface area contributed by atoms with Gasteiger partial charge >= 0.3 is 5.97 Å². The molecule has 2 N–H and O–H groups in total. The molecule has 0 saturated carbocycles. The van der Waals surface area contributed by atoms with Gasteiger partial charge in [0.1, 0.15) is 0 Å². The summed E-state index contributed by atoms with van der Waals surface area (Å²) in [5.74, 6) is -1.17. The zero-order valence-corrected chi connectivity index (χ0v) is 16.1. The molecular formula is C21H18N2O4S. The second-order valence-electron chi connectivity index (χ2n) is 5.99. The number of anilines is 2. The van der Waals surface area contributed by atoms with Gasteiger partial charge in [0.2, 0.25) is 0 Å². The molecule has 7 heteroatoms. The van der Waals surface area contributed by atoms with E-state index in [1.807, 2.05) is 12.3 Å². The summed E-state index contributed by atoms with van der Waals surface area (Å²) in [7, 11) is 1.30. The van der Waals surface area contributed by atoms with Gasteiger partial charge in [-0.05, 0) is 48.2 Å². The lowest BCUT2D eigenvalue weighted by Crippen LogP contribution is -2.18. The molecule has 2 amide bonds. The van der Waals surface area contributed by atoms with E-state index in [1.54, 1.807) is 53.9 Å². The fourth-order valence-electron chi connectivity index (χ4n) is 2.57. The van der Waals surface area contributed by atoms with Crippen molar-refractivity contribution in [1.82, 2.24) is 0 Å². The van der Waals surface area contributed by atoms with Crippen LogP contribution in [0.25, 0.3) is 0 Å². The van der Waals surface area contributed by atoms with Crippen LogP contribution in [0.3, 0.4) is 0 Å². The maximum Gasteiger partial charge on any atom is 0.337 e. The van der Waals surface area contributed by atoms with Gasteiger partial charge in [-0.2, -0.15) is 11.3 Å². The molecule has 0 spiro atoms. The van der Waals surface area contributed by atoms with Gasteiger partial charge < -0.3 is 15.4 Å². The topological polar surface area (TPSA) is 84.5 Å². The lowest BCUT2D eigenvalue weighted by Gasteiger charge is -2.13. The van der Waals surface area contributed by atoms with E-state index in [4.69, 9.17) is 4.74 Å². The molecule has 142 valence electrons. The Hall–Kier alpha value is -3.45. The molecule has 2 aromatic carbocycles. The summed E-state index contributed by atoms with van der Waals surface area (Å²) < 4.78 is 4.72. The molecule has 6 nitrogen and oxygen atoms in total. The number of carbonyl (C=O) groups excluding carboxylic acids is 3. The Bertz CT molecular complexity index is 1030. The van der Waals surface area contributed by atoms with Gasteiger partial charge in [-0.1, -0.05) is 18.2 Å². The number of methoxy groups -OCH3 is 1. The average Bonchev–Trinajstić information content (AvgIpc) is 3.24. The van der Waals surface area contributed by atoms with Crippen molar-refractivity contribution in [2.45, 2.75) is 6.92 Å². The molecule has 0 fully saturated rings. The number of amides is 2. The van der Waals surface area contributed by atoms with Crippen LogP contribution in [0.15, 0.2) is 59.3 Å². The Balaban J connectivity index is 1.84. The van der Waals surface area contributed by atoms with Crippen LogP contribution < -0.4 is 10.6 Å². The van der Waals surface area contributed by atoms with Crippen LogP contribution >= 0.6 is 11.3 Å². The monoisotopic (exact) mass is 394 g/mol. The number of carbonyl (C=O) groups is 3. The first kappa shape index (κ1) is 19.3. The number of rotatable bonds is 5. The van der Waals surface area contributed by atoms with Crippen LogP contribution in [0.4, 0.5) is 11.4 Å². The molecule has 1 aromatic heterocycles. The molecule has 0 aliphatic heterocycles. The largest absolute Gasteiger partial charge is 0.465 e. The molecule has 0 aliphatic rings. The zero-order chi connectivity index (χ0) is 20.1. The number of aryl methyl sites for hydroxylation is 1. The minimum atomic E-state index is -0.487. The molecule has 0 aliphatic carbocycles. The van der Waals surface area contributed by atoms with Gasteiger partial charge in [-0.3, -0.25) is 9.59 Å². The standard InChI is InChI=1S/C21H18N2O4S/c1-13-7-8-14(21(26)27-2)11-18(13)23-20(25)16-5-3-4-6-17(16)22-19(24)15-9-10-28-12-15/h3-12H,1-2H3,(H,22,24)(H,23,25). The van der Waals surface area contributed by atoms with Crippen molar-refractivity contribution in [3.05, 3.63) is 81.5 Å². The van der Waals surface area contributed by atoms with E-state index in [1.165, 1.54) is 18.4 Å². The molecule has 3 aromatic rings. The van der Waals surface area contributed by atoms with Crippen molar-refractivity contribution < 1.29 is 19.1 Å². The van der Waals surface area contributed by atoms with E-state index >= 15 is 0 Å². The highest BCUT2D eigenvalue weighted by atomic mass is 32.1. The number of esters is 1. The van der Waals surface area contributed by atoms with Gasteiger partial charge in [0.05, 0.1) is 29.5 Å². The molecule has 0 bridgehead atoms. The number of hydrogen-bond donors (Lipinski definition) is 2. The summed E-state index contributed by atoms with van der Waals surface area (Å²) in [6.45, 7) is 1.82. The Morgan fingerprint density at radius 1 is 0.893 bits per heavy atom. The molecule has 1 heterocycles. The van der Waals surface area contributed by atoms with Crippen molar-refractivity contribution >= 4 is 40.5 Å². The maximum atomic E-state index is 12.8. The summed E-state index contributed by atoms with van der Waals surface area (Å²) in [6, 6.07) is 13.4. The lowest BCUT2D eigenvalue weighted by atomic mass is 10.1.